The summed E-state index contributed by atoms with van der Waals surface area (Å²) in [7, 11) is 0. The zero-order chi connectivity index (χ0) is 18.6. The molecular weight excluding hydrogens is 366 g/mol. The number of aromatic nitrogens is 1. The number of rotatable bonds is 4. The summed E-state index contributed by atoms with van der Waals surface area (Å²) in [5.74, 6) is 0.795. The van der Waals surface area contributed by atoms with Crippen molar-refractivity contribution in [2.45, 2.75) is 0 Å². The molecule has 2 aromatic carbocycles. The number of hydrazone groups is 1. The van der Waals surface area contributed by atoms with Crippen LogP contribution in [-0.4, -0.2) is 29.9 Å². The van der Waals surface area contributed by atoms with Crippen LogP contribution in [0.25, 0.3) is 5.69 Å². The first kappa shape index (κ1) is 17.2. The van der Waals surface area contributed by atoms with E-state index < -0.39 is 0 Å². The van der Waals surface area contributed by atoms with E-state index in [0.717, 1.165) is 5.69 Å². The van der Waals surface area contributed by atoms with Crippen molar-refractivity contribution in [2.24, 2.45) is 5.10 Å². The van der Waals surface area contributed by atoms with Gasteiger partial charge in [0.25, 0.3) is 5.91 Å². The molecule has 1 amide bonds. The Hall–Kier alpha value is -3.25. The van der Waals surface area contributed by atoms with E-state index in [4.69, 9.17) is 21.1 Å². The summed E-state index contributed by atoms with van der Waals surface area (Å²) in [5.41, 5.74) is 4.54. The van der Waals surface area contributed by atoms with Crippen molar-refractivity contribution in [2.75, 3.05) is 13.2 Å². The van der Waals surface area contributed by atoms with E-state index in [0.29, 0.717) is 40.9 Å². The third kappa shape index (κ3) is 3.66. The van der Waals surface area contributed by atoms with Gasteiger partial charge in [0.1, 0.15) is 13.2 Å². The highest BCUT2D eigenvalue weighted by atomic mass is 35.5. The van der Waals surface area contributed by atoms with Crippen LogP contribution in [0, 0.1) is 0 Å². The van der Waals surface area contributed by atoms with Gasteiger partial charge in [-0.1, -0.05) is 23.7 Å². The summed E-state index contributed by atoms with van der Waals surface area (Å²) >= 11 is 6.21. The largest absolute Gasteiger partial charge is 0.486 e. The molecule has 0 saturated heterocycles. The molecule has 1 aliphatic rings. The number of amides is 1. The first-order valence-corrected chi connectivity index (χ1v) is 8.75. The summed E-state index contributed by atoms with van der Waals surface area (Å²) < 4.78 is 12.9. The fourth-order valence-electron chi connectivity index (χ4n) is 2.82. The Bertz CT molecular complexity index is 1000. The number of carbonyl (C=O) groups is 1. The third-order valence-corrected chi connectivity index (χ3v) is 4.31. The number of nitrogens with one attached hydrogen (secondary N) is 1. The highest BCUT2D eigenvalue weighted by Crippen LogP contribution is 2.37. The van der Waals surface area contributed by atoms with E-state index in [1.54, 1.807) is 18.2 Å². The highest BCUT2D eigenvalue weighted by molar-refractivity contribution is 6.32. The zero-order valence-corrected chi connectivity index (χ0v) is 15.0. The Morgan fingerprint density at radius 1 is 1.11 bits per heavy atom. The lowest BCUT2D eigenvalue weighted by Crippen LogP contribution is -2.19. The van der Waals surface area contributed by atoms with Crippen LogP contribution < -0.4 is 14.9 Å². The standard InChI is InChI=1S/C20H16ClN3O3/c21-16-11-14(12-18-19(16)27-10-9-26-18)13-22-23-20(25)15-5-1-2-6-17(15)24-7-3-4-8-24/h1-8,11-13H,9-10H2,(H,23,25)/b22-13-. The average Bonchev–Trinajstić information content (AvgIpc) is 3.23. The predicted octanol–water partition coefficient (Wildman–Crippen LogP) is 3.67. The van der Waals surface area contributed by atoms with Gasteiger partial charge in [0, 0.05) is 12.4 Å². The molecule has 0 atom stereocenters. The highest BCUT2D eigenvalue weighted by Gasteiger charge is 2.16. The Labute approximate surface area is 161 Å². The van der Waals surface area contributed by atoms with Crippen molar-refractivity contribution in [3.63, 3.8) is 0 Å². The molecule has 0 saturated carbocycles. The molecule has 6 nitrogen and oxygen atoms in total. The van der Waals surface area contributed by atoms with Gasteiger partial charge in [0.05, 0.1) is 22.5 Å². The molecule has 0 aliphatic carbocycles. The van der Waals surface area contributed by atoms with Crippen molar-refractivity contribution in [3.05, 3.63) is 77.1 Å². The lowest BCUT2D eigenvalue weighted by atomic mass is 10.1. The van der Waals surface area contributed by atoms with Crippen LogP contribution in [0.15, 0.2) is 66.0 Å². The van der Waals surface area contributed by atoms with Crippen molar-refractivity contribution in [3.8, 4) is 17.2 Å². The fourth-order valence-corrected chi connectivity index (χ4v) is 3.09. The van der Waals surface area contributed by atoms with Crippen molar-refractivity contribution in [1.82, 2.24) is 9.99 Å². The van der Waals surface area contributed by atoms with Crippen LogP contribution in [0.1, 0.15) is 15.9 Å². The molecule has 1 aromatic heterocycles. The maximum Gasteiger partial charge on any atom is 0.273 e. The van der Waals surface area contributed by atoms with Crippen molar-refractivity contribution in [1.29, 1.82) is 0 Å². The van der Waals surface area contributed by atoms with Gasteiger partial charge < -0.3 is 14.0 Å². The van der Waals surface area contributed by atoms with Gasteiger partial charge in [0.2, 0.25) is 0 Å². The lowest BCUT2D eigenvalue weighted by Gasteiger charge is -2.19. The summed E-state index contributed by atoms with van der Waals surface area (Å²) in [6, 6.07) is 14.6. The van der Waals surface area contributed by atoms with Gasteiger partial charge in [-0.25, -0.2) is 5.43 Å². The number of hydrogen-bond donors (Lipinski definition) is 1. The van der Waals surface area contributed by atoms with Crippen molar-refractivity contribution < 1.29 is 14.3 Å². The molecular formula is C20H16ClN3O3. The van der Waals surface area contributed by atoms with E-state index in [9.17, 15) is 4.79 Å². The van der Waals surface area contributed by atoms with Crippen LogP contribution in [0.2, 0.25) is 5.02 Å². The Morgan fingerprint density at radius 2 is 1.89 bits per heavy atom. The van der Waals surface area contributed by atoms with Crippen LogP contribution in [0.5, 0.6) is 11.5 Å². The second-order valence-electron chi connectivity index (χ2n) is 5.83. The first-order chi connectivity index (χ1) is 13.2. The second kappa shape index (κ2) is 7.55. The second-order valence-corrected chi connectivity index (χ2v) is 6.24. The van der Waals surface area contributed by atoms with Crippen molar-refractivity contribution >= 4 is 23.7 Å². The SMILES string of the molecule is O=C(N/N=C\c1cc(Cl)c2c(c1)OCCO2)c1ccccc1-n1cccc1. The average molecular weight is 382 g/mol. The third-order valence-electron chi connectivity index (χ3n) is 4.03. The van der Waals surface area contributed by atoms with Gasteiger partial charge in [0.15, 0.2) is 11.5 Å². The molecule has 0 unspecified atom stereocenters. The Kier molecular flexibility index (Phi) is 4.80. The van der Waals surface area contributed by atoms with Gasteiger partial charge in [-0.2, -0.15) is 5.10 Å². The number of hydrogen-bond acceptors (Lipinski definition) is 4. The maximum absolute atomic E-state index is 12.5. The number of benzene rings is 2. The van der Waals surface area contributed by atoms with E-state index in [1.165, 1.54) is 6.21 Å². The Morgan fingerprint density at radius 3 is 2.74 bits per heavy atom. The first-order valence-electron chi connectivity index (χ1n) is 8.37. The molecule has 1 aliphatic heterocycles. The number of carbonyl (C=O) groups excluding carboxylic acids is 1. The summed E-state index contributed by atoms with van der Waals surface area (Å²) in [4.78, 5) is 12.5. The minimum atomic E-state index is -0.306. The van der Waals surface area contributed by atoms with Crippen LogP contribution in [-0.2, 0) is 0 Å². The van der Waals surface area contributed by atoms with Gasteiger partial charge >= 0.3 is 0 Å². The molecule has 3 aromatic rings. The van der Waals surface area contributed by atoms with Gasteiger partial charge in [-0.3, -0.25) is 4.79 Å². The Balaban J connectivity index is 1.51. The number of halogens is 1. The smallest absolute Gasteiger partial charge is 0.273 e. The molecule has 136 valence electrons. The minimum Gasteiger partial charge on any atom is -0.486 e. The predicted molar refractivity (Wildman–Crippen MR) is 103 cm³/mol. The summed E-state index contributed by atoms with van der Waals surface area (Å²) in [6.45, 7) is 0.938. The van der Waals surface area contributed by atoms with E-state index in [1.807, 2.05) is 47.3 Å². The monoisotopic (exact) mass is 381 g/mol. The number of nitrogens with zero attached hydrogens (tertiary/aromatic N) is 2. The molecule has 2 heterocycles. The van der Waals surface area contributed by atoms with E-state index in [-0.39, 0.29) is 5.91 Å². The number of ether oxygens (including phenoxy) is 2. The normalized spacial score (nSPS) is 12.9. The molecule has 27 heavy (non-hydrogen) atoms. The molecule has 0 radical (unpaired) electrons. The van der Waals surface area contributed by atoms with Crippen LogP contribution in [0.3, 0.4) is 0 Å². The van der Waals surface area contributed by atoms with E-state index >= 15 is 0 Å². The topological polar surface area (TPSA) is 64.8 Å². The molecule has 1 N–H and O–H groups in total. The molecule has 0 spiro atoms. The van der Waals surface area contributed by atoms with Crippen LogP contribution in [0.4, 0.5) is 0 Å². The summed E-state index contributed by atoms with van der Waals surface area (Å²) in [5, 5.41) is 4.48. The van der Waals surface area contributed by atoms with Gasteiger partial charge in [-0.05, 0) is 42.0 Å². The molecule has 0 bridgehead atoms. The minimum absolute atomic E-state index is 0.306. The van der Waals surface area contributed by atoms with Gasteiger partial charge in [-0.15, -0.1) is 0 Å². The molecule has 0 fully saturated rings. The number of fused-ring (bicyclic) bond motifs is 1. The quantitative estimate of drug-likeness (QED) is 0.554. The van der Waals surface area contributed by atoms with E-state index in [2.05, 4.69) is 10.5 Å². The number of para-hydroxylation sites is 1. The molecule has 7 heteroatoms. The summed E-state index contributed by atoms with van der Waals surface area (Å²) in [6.07, 6.45) is 5.28. The fraction of sp³-hybridized carbons (Fsp3) is 0.100. The van der Waals surface area contributed by atoms with Crippen LogP contribution >= 0.6 is 11.6 Å². The maximum atomic E-state index is 12.5. The lowest BCUT2D eigenvalue weighted by molar-refractivity contribution is 0.0955. The zero-order valence-electron chi connectivity index (χ0n) is 14.3. The molecule has 4 rings (SSSR count).